The van der Waals surface area contributed by atoms with Gasteiger partial charge in [-0.25, -0.2) is 0 Å². The van der Waals surface area contributed by atoms with Crippen molar-refractivity contribution in [3.05, 3.63) is 29.8 Å². The lowest BCUT2D eigenvalue weighted by Crippen LogP contribution is -2.34. The molecule has 2 rings (SSSR count). The number of nitriles is 1. The van der Waals surface area contributed by atoms with Gasteiger partial charge in [-0.1, -0.05) is 0 Å². The molecule has 1 aromatic carbocycles. The molecule has 6 heteroatoms. The van der Waals surface area contributed by atoms with Gasteiger partial charge in [-0.05, 0) is 43.7 Å². The van der Waals surface area contributed by atoms with E-state index in [-0.39, 0.29) is 12.5 Å². The molecule has 6 nitrogen and oxygen atoms in total. The molecule has 0 spiro atoms. The van der Waals surface area contributed by atoms with Crippen LogP contribution in [0.1, 0.15) is 24.8 Å². The molecule has 0 aliphatic carbocycles. The summed E-state index contributed by atoms with van der Waals surface area (Å²) in [6.07, 6.45) is 1.94. The van der Waals surface area contributed by atoms with Crippen LogP contribution in [-0.2, 0) is 4.79 Å². The SMILES string of the molecule is N#Cc1ccc(OC[C@H](O)CNCCCN2CCCC2=O)cc1. The zero-order valence-electron chi connectivity index (χ0n) is 13.2. The van der Waals surface area contributed by atoms with Gasteiger partial charge in [0.1, 0.15) is 18.5 Å². The largest absolute Gasteiger partial charge is 0.491 e. The number of benzene rings is 1. The Morgan fingerprint density at radius 1 is 1.39 bits per heavy atom. The number of amides is 1. The minimum atomic E-state index is -0.598. The summed E-state index contributed by atoms with van der Waals surface area (Å²) in [6.45, 7) is 3.06. The summed E-state index contributed by atoms with van der Waals surface area (Å²) < 4.78 is 5.47. The molecule has 0 radical (unpaired) electrons. The van der Waals surface area contributed by atoms with Crippen LogP contribution in [0.2, 0.25) is 0 Å². The van der Waals surface area contributed by atoms with Crippen molar-refractivity contribution >= 4 is 5.91 Å². The number of likely N-dealkylation sites (tertiary alicyclic amines) is 1. The summed E-state index contributed by atoms with van der Waals surface area (Å²) in [5, 5.41) is 21.7. The minimum absolute atomic E-state index is 0.198. The molecule has 0 aromatic heterocycles. The third-order valence-corrected chi connectivity index (χ3v) is 3.76. The minimum Gasteiger partial charge on any atom is -0.491 e. The summed E-state index contributed by atoms with van der Waals surface area (Å²) in [5.41, 5.74) is 0.580. The number of nitrogens with one attached hydrogen (secondary N) is 1. The van der Waals surface area contributed by atoms with E-state index in [0.717, 1.165) is 32.5 Å². The summed E-state index contributed by atoms with van der Waals surface area (Å²) in [5.74, 6) is 0.886. The maximum atomic E-state index is 11.4. The lowest BCUT2D eigenvalue weighted by Gasteiger charge is -2.16. The van der Waals surface area contributed by atoms with Crippen LogP contribution in [0.4, 0.5) is 0 Å². The Labute approximate surface area is 136 Å². The first-order chi connectivity index (χ1) is 11.2. The van der Waals surface area contributed by atoms with Gasteiger partial charge in [-0.15, -0.1) is 0 Å². The van der Waals surface area contributed by atoms with Gasteiger partial charge in [0.15, 0.2) is 0 Å². The average Bonchev–Trinajstić information content (AvgIpc) is 2.98. The van der Waals surface area contributed by atoms with Crippen molar-refractivity contribution in [3.8, 4) is 11.8 Å². The molecule has 1 heterocycles. The van der Waals surface area contributed by atoms with Crippen molar-refractivity contribution < 1.29 is 14.6 Å². The second kappa shape index (κ2) is 9.13. The quantitative estimate of drug-likeness (QED) is 0.661. The Bertz CT molecular complexity index is 539. The molecule has 23 heavy (non-hydrogen) atoms. The average molecular weight is 317 g/mol. The second-order valence-electron chi connectivity index (χ2n) is 5.64. The summed E-state index contributed by atoms with van der Waals surface area (Å²) >= 11 is 0. The van der Waals surface area contributed by atoms with Crippen LogP contribution in [0, 0.1) is 11.3 Å². The third-order valence-electron chi connectivity index (χ3n) is 3.76. The standard InChI is InChI=1S/C17H23N3O3/c18-11-14-4-6-16(7-5-14)23-13-15(21)12-19-8-2-10-20-9-1-3-17(20)22/h4-7,15,19,21H,1-3,8-10,12-13H2/t15-/m1/s1. The molecular weight excluding hydrogens is 294 g/mol. The van der Waals surface area contributed by atoms with Crippen molar-refractivity contribution in [2.45, 2.75) is 25.4 Å². The summed E-state index contributed by atoms with van der Waals surface area (Å²) in [4.78, 5) is 13.3. The van der Waals surface area contributed by atoms with Crippen LogP contribution in [0.15, 0.2) is 24.3 Å². The molecule has 1 saturated heterocycles. The molecular formula is C17H23N3O3. The molecule has 0 unspecified atom stereocenters. The van der Waals surface area contributed by atoms with Crippen LogP contribution in [0.25, 0.3) is 0 Å². The van der Waals surface area contributed by atoms with E-state index in [9.17, 15) is 9.90 Å². The van der Waals surface area contributed by atoms with E-state index in [1.165, 1.54) is 0 Å². The molecule has 1 aliphatic heterocycles. The maximum Gasteiger partial charge on any atom is 0.222 e. The monoisotopic (exact) mass is 317 g/mol. The molecule has 1 atom stereocenters. The van der Waals surface area contributed by atoms with E-state index in [1.807, 2.05) is 11.0 Å². The van der Waals surface area contributed by atoms with Gasteiger partial charge >= 0.3 is 0 Å². The number of hydrogen-bond acceptors (Lipinski definition) is 5. The topological polar surface area (TPSA) is 85.6 Å². The Morgan fingerprint density at radius 2 is 2.17 bits per heavy atom. The number of ether oxygens (including phenoxy) is 1. The Kier molecular flexibility index (Phi) is 6.85. The van der Waals surface area contributed by atoms with Gasteiger partial charge < -0.3 is 20.1 Å². The predicted molar refractivity (Wildman–Crippen MR) is 86.0 cm³/mol. The number of aliphatic hydroxyl groups is 1. The van der Waals surface area contributed by atoms with E-state index in [2.05, 4.69) is 5.32 Å². The zero-order valence-corrected chi connectivity index (χ0v) is 13.2. The zero-order chi connectivity index (χ0) is 16.5. The van der Waals surface area contributed by atoms with Gasteiger partial charge in [-0.2, -0.15) is 5.26 Å². The molecule has 1 amide bonds. The molecule has 0 saturated carbocycles. The molecule has 0 bridgehead atoms. The Hall–Kier alpha value is -2.10. The van der Waals surface area contributed by atoms with Crippen LogP contribution in [0.3, 0.4) is 0 Å². The molecule has 1 fully saturated rings. The van der Waals surface area contributed by atoms with Crippen LogP contribution < -0.4 is 10.1 Å². The van der Waals surface area contributed by atoms with Crippen LogP contribution in [0.5, 0.6) is 5.75 Å². The summed E-state index contributed by atoms with van der Waals surface area (Å²) in [6, 6.07) is 8.83. The third kappa shape index (κ3) is 5.89. The highest BCUT2D eigenvalue weighted by molar-refractivity contribution is 5.77. The lowest BCUT2D eigenvalue weighted by atomic mass is 10.2. The first-order valence-corrected chi connectivity index (χ1v) is 7.98. The molecule has 1 aliphatic rings. The van der Waals surface area contributed by atoms with Crippen LogP contribution in [-0.4, -0.2) is 54.8 Å². The molecule has 1 aromatic rings. The van der Waals surface area contributed by atoms with Gasteiger partial charge in [0.2, 0.25) is 5.91 Å². The first-order valence-electron chi connectivity index (χ1n) is 7.98. The van der Waals surface area contributed by atoms with Gasteiger partial charge in [0.25, 0.3) is 0 Å². The molecule has 124 valence electrons. The van der Waals surface area contributed by atoms with E-state index in [1.54, 1.807) is 24.3 Å². The van der Waals surface area contributed by atoms with Crippen molar-refractivity contribution in [3.63, 3.8) is 0 Å². The van der Waals surface area contributed by atoms with Crippen molar-refractivity contribution in [2.75, 3.05) is 32.8 Å². The van der Waals surface area contributed by atoms with E-state index < -0.39 is 6.10 Å². The highest BCUT2D eigenvalue weighted by Crippen LogP contribution is 2.11. The first kappa shape index (κ1) is 17.3. The number of carbonyl (C=O) groups excluding carboxylic acids is 1. The number of nitrogens with zero attached hydrogens (tertiary/aromatic N) is 2. The predicted octanol–water partition coefficient (Wildman–Crippen LogP) is 0.900. The number of aliphatic hydroxyl groups excluding tert-OH is 1. The number of hydrogen-bond donors (Lipinski definition) is 2. The Balaban J connectivity index is 1.53. The van der Waals surface area contributed by atoms with Gasteiger partial charge in [0, 0.05) is 26.1 Å². The number of carbonyl (C=O) groups is 1. The normalized spacial score (nSPS) is 15.5. The molecule has 2 N–H and O–H groups in total. The fraction of sp³-hybridized carbons (Fsp3) is 0.529. The lowest BCUT2D eigenvalue weighted by molar-refractivity contribution is -0.127. The van der Waals surface area contributed by atoms with Crippen molar-refractivity contribution in [1.29, 1.82) is 5.26 Å². The smallest absolute Gasteiger partial charge is 0.222 e. The second-order valence-corrected chi connectivity index (χ2v) is 5.64. The highest BCUT2D eigenvalue weighted by atomic mass is 16.5. The fourth-order valence-electron chi connectivity index (χ4n) is 2.48. The van der Waals surface area contributed by atoms with Gasteiger partial charge in [0.05, 0.1) is 11.6 Å². The highest BCUT2D eigenvalue weighted by Gasteiger charge is 2.18. The van der Waals surface area contributed by atoms with E-state index in [4.69, 9.17) is 10.00 Å². The van der Waals surface area contributed by atoms with Crippen LogP contribution >= 0.6 is 0 Å². The van der Waals surface area contributed by atoms with Crippen molar-refractivity contribution in [1.82, 2.24) is 10.2 Å². The van der Waals surface area contributed by atoms with Gasteiger partial charge in [-0.3, -0.25) is 4.79 Å². The van der Waals surface area contributed by atoms with Crippen molar-refractivity contribution in [2.24, 2.45) is 0 Å². The Morgan fingerprint density at radius 3 is 2.83 bits per heavy atom. The fourth-order valence-corrected chi connectivity index (χ4v) is 2.48. The number of rotatable bonds is 9. The maximum absolute atomic E-state index is 11.4. The van der Waals surface area contributed by atoms with E-state index in [0.29, 0.717) is 24.3 Å². The summed E-state index contributed by atoms with van der Waals surface area (Å²) in [7, 11) is 0. The van der Waals surface area contributed by atoms with E-state index >= 15 is 0 Å².